The molecule has 16 heavy (non-hydrogen) atoms. The van der Waals surface area contributed by atoms with Crippen LogP contribution in [0, 0.1) is 5.92 Å². The lowest BCUT2D eigenvalue weighted by molar-refractivity contribution is -0.124. The van der Waals surface area contributed by atoms with E-state index in [2.05, 4.69) is 36.5 Å². The maximum Gasteiger partial charge on any atom is 0.222 e. The monoisotopic (exact) mass is 217 g/mol. The van der Waals surface area contributed by atoms with Crippen LogP contribution in [0.3, 0.4) is 0 Å². The van der Waals surface area contributed by atoms with Crippen molar-refractivity contribution < 1.29 is 4.79 Å². The summed E-state index contributed by atoms with van der Waals surface area (Å²) in [4.78, 5) is 11.7. The lowest BCUT2D eigenvalue weighted by atomic mass is 10.0. The number of carbonyl (C=O) groups excluding carboxylic acids is 1. The number of fused-ring (bicyclic) bond motifs is 1. The van der Waals surface area contributed by atoms with Gasteiger partial charge >= 0.3 is 0 Å². The second kappa shape index (κ2) is 4.28. The Morgan fingerprint density at radius 1 is 1.38 bits per heavy atom. The summed E-state index contributed by atoms with van der Waals surface area (Å²) in [7, 11) is 0. The van der Waals surface area contributed by atoms with Crippen LogP contribution < -0.4 is 5.32 Å². The van der Waals surface area contributed by atoms with Crippen molar-refractivity contribution in [1.82, 2.24) is 5.32 Å². The summed E-state index contributed by atoms with van der Waals surface area (Å²) in [6, 6.07) is 8.74. The Morgan fingerprint density at radius 3 is 2.69 bits per heavy atom. The third-order valence-corrected chi connectivity index (χ3v) is 3.44. The van der Waals surface area contributed by atoms with Crippen molar-refractivity contribution >= 4 is 5.91 Å². The van der Waals surface area contributed by atoms with Gasteiger partial charge in [-0.2, -0.15) is 0 Å². The Hall–Kier alpha value is -1.31. The normalized spacial score (nSPS) is 23.2. The van der Waals surface area contributed by atoms with E-state index in [9.17, 15) is 4.79 Å². The molecule has 86 valence electrons. The van der Waals surface area contributed by atoms with Crippen molar-refractivity contribution in [3.63, 3.8) is 0 Å². The summed E-state index contributed by atoms with van der Waals surface area (Å²) in [5.74, 6) is 0.652. The second-order valence-corrected chi connectivity index (χ2v) is 4.96. The third kappa shape index (κ3) is 1.97. The Morgan fingerprint density at radius 2 is 2.06 bits per heavy atom. The molecule has 1 aliphatic rings. The molecule has 0 saturated carbocycles. The van der Waals surface area contributed by atoms with Gasteiger partial charge in [-0.1, -0.05) is 45.0 Å². The topological polar surface area (TPSA) is 29.1 Å². The molecule has 0 aliphatic heterocycles. The molecule has 0 fully saturated rings. The van der Waals surface area contributed by atoms with Crippen molar-refractivity contribution in [2.75, 3.05) is 0 Å². The molecule has 2 heteroatoms. The molecule has 0 unspecified atom stereocenters. The van der Waals surface area contributed by atoms with E-state index in [0.717, 1.165) is 6.42 Å². The van der Waals surface area contributed by atoms with Crippen LogP contribution in [0.5, 0.6) is 0 Å². The van der Waals surface area contributed by atoms with E-state index in [1.807, 2.05) is 13.8 Å². The number of nitrogens with one attached hydrogen (secondary N) is 1. The van der Waals surface area contributed by atoms with Crippen molar-refractivity contribution in [3.05, 3.63) is 35.4 Å². The minimum atomic E-state index is 0.0657. The summed E-state index contributed by atoms with van der Waals surface area (Å²) >= 11 is 0. The predicted molar refractivity (Wildman–Crippen MR) is 65.3 cm³/mol. The fourth-order valence-electron chi connectivity index (χ4n) is 2.32. The number of hydrogen-bond acceptors (Lipinski definition) is 1. The summed E-state index contributed by atoms with van der Waals surface area (Å²) in [6.45, 7) is 6.06. The Balaban J connectivity index is 2.10. The lowest BCUT2D eigenvalue weighted by Crippen LogP contribution is -2.39. The molecule has 0 radical (unpaired) electrons. The number of hydrogen-bond donors (Lipinski definition) is 1. The third-order valence-electron chi connectivity index (χ3n) is 3.44. The van der Waals surface area contributed by atoms with Crippen LogP contribution in [0.1, 0.15) is 37.8 Å². The maximum atomic E-state index is 11.7. The summed E-state index contributed by atoms with van der Waals surface area (Å²) in [6.07, 6.45) is 0.968. The second-order valence-electron chi connectivity index (χ2n) is 4.96. The summed E-state index contributed by atoms with van der Waals surface area (Å²) in [5.41, 5.74) is 2.76. The van der Waals surface area contributed by atoms with Crippen LogP contribution in [-0.4, -0.2) is 11.9 Å². The molecule has 0 bridgehead atoms. The van der Waals surface area contributed by atoms with Crippen LogP contribution in [0.4, 0.5) is 0 Å². The Kier molecular flexibility index (Phi) is 2.99. The number of benzene rings is 1. The van der Waals surface area contributed by atoms with E-state index in [4.69, 9.17) is 0 Å². The lowest BCUT2D eigenvalue weighted by Gasteiger charge is -2.19. The maximum absolute atomic E-state index is 11.7. The van der Waals surface area contributed by atoms with E-state index in [-0.39, 0.29) is 17.9 Å². The highest BCUT2D eigenvalue weighted by atomic mass is 16.1. The first-order valence-electron chi connectivity index (χ1n) is 5.97. The number of amides is 1. The summed E-state index contributed by atoms with van der Waals surface area (Å²) < 4.78 is 0. The van der Waals surface area contributed by atoms with Gasteiger partial charge in [0.2, 0.25) is 5.91 Å². The molecule has 2 nitrogen and oxygen atoms in total. The zero-order valence-electron chi connectivity index (χ0n) is 10.2. The highest BCUT2D eigenvalue weighted by Gasteiger charge is 2.30. The molecular formula is C14H19NO. The molecule has 1 amide bonds. The molecule has 0 saturated heterocycles. The van der Waals surface area contributed by atoms with Gasteiger partial charge in [-0.3, -0.25) is 4.79 Å². The zero-order chi connectivity index (χ0) is 11.7. The van der Waals surface area contributed by atoms with Crippen molar-refractivity contribution in [2.45, 2.75) is 39.2 Å². The van der Waals surface area contributed by atoms with Gasteiger partial charge in [-0.15, -0.1) is 0 Å². The first kappa shape index (κ1) is 11.2. The zero-order valence-corrected chi connectivity index (χ0v) is 10.2. The van der Waals surface area contributed by atoms with E-state index in [1.165, 1.54) is 11.1 Å². The van der Waals surface area contributed by atoms with Crippen LogP contribution >= 0.6 is 0 Å². The van der Waals surface area contributed by atoms with E-state index in [0.29, 0.717) is 5.92 Å². The average Bonchev–Trinajstić information content (AvgIpc) is 2.56. The van der Waals surface area contributed by atoms with Gasteiger partial charge in [-0.25, -0.2) is 0 Å². The smallest absolute Gasteiger partial charge is 0.222 e. The molecular weight excluding hydrogens is 198 g/mol. The fraction of sp³-hybridized carbons (Fsp3) is 0.500. The first-order chi connectivity index (χ1) is 7.59. The number of carbonyl (C=O) groups is 1. The van der Waals surface area contributed by atoms with Crippen molar-refractivity contribution in [3.8, 4) is 0 Å². The highest BCUT2D eigenvalue weighted by Crippen LogP contribution is 2.32. The standard InChI is InChI=1S/C14H19NO/c1-9(2)14(16)15-13-8-11-6-4-5-7-12(11)10(13)3/h4-7,9-10,13H,8H2,1-3H3,(H,15,16)/t10-,13-/m0/s1. The van der Waals surface area contributed by atoms with Crippen molar-refractivity contribution in [2.24, 2.45) is 5.92 Å². The van der Waals surface area contributed by atoms with E-state index in [1.54, 1.807) is 0 Å². The van der Waals surface area contributed by atoms with Crippen LogP contribution in [0.25, 0.3) is 0 Å². The average molecular weight is 217 g/mol. The van der Waals surface area contributed by atoms with Crippen LogP contribution in [0.2, 0.25) is 0 Å². The molecule has 2 atom stereocenters. The van der Waals surface area contributed by atoms with Gasteiger partial charge in [0.15, 0.2) is 0 Å². The largest absolute Gasteiger partial charge is 0.352 e. The fourth-order valence-corrected chi connectivity index (χ4v) is 2.32. The van der Waals surface area contributed by atoms with E-state index >= 15 is 0 Å². The molecule has 0 spiro atoms. The molecule has 0 aromatic heterocycles. The van der Waals surface area contributed by atoms with Crippen LogP contribution in [0.15, 0.2) is 24.3 Å². The number of rotatable bonds is 2. The molecule has 1 aliphatic carbocycles. The van der Waals surface area contributed by atoms with Gasteiger partial charge in [0.05, 0.1) is 0 Å². The molecule has 1 N–H and O–H groups in total. The van der Waals surface area contributed by atoms with Gasteiger partial charge in [0, 0.05) is 17.9 Å². The van der Waals surface area contributed by atoms with Gasteiger partial charge in [0.25, 0.3) is 0 Å². The predicted octanol–water partition coefficient (Wildman–Crippen LogP) is 2.49. The highest BCUT2D eigenvalue weighted by molar-refractivity contribution is 5.78. The molecule has 0 heterocycles. The van der Waals surface area contributed by atoms with Gasteiger partial charge < -0.3 is 5.32 Å². The molecule has 1 aromatic rings. The molecule has 1 aromatic carbocycles. The van der Waals surface area contributed by atoms with Gasteiger partial charge in [-0.05, 0) is 17.5 Å². The summed E-state index contributed by atoms with van der Waals surface area (Å²) in [5, 5.41) is 3.14. The Bertz CT molecular complexity index is 397. The van der Waals surface area contributed by atoms with Crippen LogP contribution in [-0.2, 0) is 11.2 Å². The van der Waals surface area contributed by atoms with Gasteiger partial charge in [0.1, 0.15) is 0 Å². The van der Waals surface area contributed by atoms with Crippen molar-refractivity contribution in [1.29, 1.82) is 0 Å². The first-order valence-corrected chi connectivity index (χ1v) is 5.97. The Labute approximate surface area is 97.1 Å². The minimum absolute atomic E-state index is 0.0657. The molecule has 2 rings (SSSR count). The SMILES string of the molecule is CC(C)C(=O)N[C@H]1Cc2ccccc2[C@@H]1C. The quantitative estimate of drug-likeness (QED) is 0.810. The van der Waals surface area contributed by atoms with E-state index < -0.39 is 0 Å². The minimum Gasteiger partial charge on any atom is -0.352 e.